The van der Waals surface area contributed by atoms with Gasteiger partial charge in [-0.15, -0.1) is 0 Å². The lowest BCUT2D eigenvalue weighted by Gasteiger charge is -2.41. The first-order chi connectivity index (χ1) is 26.9. The number of carbonyl (C=O) groups is 2. The summed E-state index contributed by atoms with van der Waals surface area (Å²) in [5.74, 6) is -1.11. The minimum Gasteiger partial charge on any atom is -0.462 e. The summed E-state index contributed by atoms with van der Waals surface area (Å²) >= 11 is 0. The molecule has 1 aliphatic carbocycles. The van der Waals surface area contributed by atoms with Crippen LogP contribution in [0.4, 0.5) is 0 Å². The summed E-state index contributed by atoms with van der Waals surface area (Å²) < 4.78 is 33.4. The van der Waals surface area contributed by atoms with Crippen LogP contribution in [0.15, 0.2) is 24.3 Å². The van der Waals surface area contributed by atoms with Gasteiger partial charge in [-0.2, -0.15) is 0 Å². The topological polar surface area (TPSA) is 210 Å². The minimum absolute atomic E-state index is 0.0815. The highest BCUT2D eigenvalue weighted by Gasteiger charge is 2.51. The van der Waals surface area contributed by atoms with Crippen molar-refractivity contribution >= 4 is 19.8 Å². The lowest BCUT2D eigenvalue weighted by molar-refractivity contribution is -0.220. The number of allylic oxidation sites excluding steroid dienone is 4. The molecule has 0 saturated heterocycles. The predicted octanol–water partition coefficient (Wildman–Crippen LogP) is 7.67. The number of ether oxygens (including phenoxy) is 2. The van der Waals surface area contributed by atoms with Crippen molar-refractivity contribution in [3.05, 3.63) is 24.3 Å². The molecule has 13 nitrogen and oxygen atoms in total. The van der Waals surface area contributed by atoms with Crippen molar-refractivity contribution in [3.8, 4) is 0 Å². The van der Waals surface area contributed by atoms with Crippen LogP contribution < -0.4 is 0 Å². The SMILES string of the molecule is CCCCCC/C=C/C=C/CCCCCCCC(=O)O[C@H](COC(=O)CCCCCCCCCCCCCC)COP(=O)(O)OC1C(O)C(O)C(O)[C@H](O)C1O. The zero-order valence-corrected chi connectivity index (χ0v) is 35.3. The smallest absolute Gasteiger partial charge is 0.462 e. The normalized spacial score (nSPS) is 23.1. The second-order valence-corrected chi connectivity index (χ2v) is 16.6. The Morgan fingerprint density at radius 2 is 0.946 bits per heavy atom. The molecule has 8 atom stereocenters. The van der Waals surface area contributed by atoms with Gasteiger partial charge in [0.25, 0.3) is 0 Å². The van der Waals surface area contributed by atoms with Crippen LogP contribution in [0.5, 0.6) is 0 Å². The van der Waals surface area contributed by atoms with Crippen molar-refractivity contribution in [1.82, 2.24) is 0 Å². The Morgan fingerprint density at radius 3 is 1.43 bits per heavy atom. The van der Waals surface area contributed by atoms with E-state index in [0.29, 0.717) is 12.8 Å². The van der Waals surface area contributed by atoms with E-state index in [2.05, 4.69) is 38.2 Å². The first-order valence-electron chi connectivity index (χ1n) is 21.7. The lowest BCUT2D eigenvalue weighted by atomic mass is 9.85. The zero-order chi connectivity index (χ0) is 41.4. The van der Waals surface area contributed by atoms with Crippen molar-refractivity contribution in [2.75, 3.05) is 13.2 Å². The monoisotopic (exact) mass is 821 g/mol. The summed E-state index contributed by atoms with van der Waals surface area (Å²) in [6, 6.07) is 0. The summed E-state index contributed by atoms with van der Waals surface area (Å²) in [6.07, 6.45) is 20.9. The number of unbranched alkanes of at least 4 members (excludes halogenated alkanes) is 20. The molecule has 1 rings (SSSR count). The number of phosphoric ester groups is 1. The number of carbonyl (C=O) groups excluding carboxylic acids is 2. The Kier molecular flexibility index (Phi) is 31.0. The van der Waals surface area contributed by atoms with E-state index in [-0.39, 0.29) is 12.8 Å². The maximum Gasteiger partial charge on any atom is 0.472 e. The van der Waals surface area contributed by atoms with Crippen molar-refractivity contribution in [1.29, 1.82) is 0 Å². The van der Waals surface area contributed by atoms with Gasteiger partial charge in [0, 0.05) is 12.8 Å². The molecule has 0 aliphatic heterocycles. The maximum atomic E-state index is 12.8. The third kappa shape index (κ3) is 25.6. The molecule has 0 radical (unpaired) electrons. The second kappa shape index (κ2) is 33.2. The summed E-state index contributed by atoms with van der Waals surface area (Å²) in [7, 11) is -5.11. The van der Waals surface area contributed by atoms with Crippen molar-refractivity contribution < 1.29 is 63.1 Å². The Hall–Kier alpha value is -1.67. The maximum absolute atomic E-state index is 12.8. The highest BCUT2D eigenvalue weighted by atomic mass is 31.2. The van der Waals surface area contributed by atoms with Gasteiger partial charge in [-0.3, -0.25) is 18.6 Å². The molecular weight excluding hydrogens is 743 g/mol. The number of esters is 2. The van der Waals surface area contributed by atoms with E-state index in [1.165, 1.54) is 77.0 Å². The molecule has 328 valence electrons. The van der Waals surface area contributed by atoms with Gasteiger partial charge in [0.1, 0.15) is 43.2 Å². The molecule has 0 amide bonds. The van der Waals surface area contributed by atoms with Crippen LogP contribution >= 0.6 is 7.82 Å². The van der Waals surface area contributed by atoms with Crippen LogP contribution in [-0.2, 0) is 32.7 Å². The molecule has 0 bridgehead atoms. The molecule has 6 unspecified atom stereocenters. The molecule has 1 aliphatic rings. The third-order valence-corrected chi connectivity index (χ3v) is 11.1. The molecule has 1 saturated carbocycles. The standard InChI is InChI=1S/C42H77O13P/c1-3-5-7-9-11-13-15-17-18-19-21-23-25-27-29-31-36(44)54-34(32-52-35(43)30-28-26-24-22-20-16-14-12-10-8-6-4-2)33-53-56(50,51)55-42-40(48)38(46)37(45)39(47)41(42)49/h13,15,17-18,34,37-42,45-49H,3-12,14,16,19-33H2,1-2H3,(H,50,51)/b15-13+,18-17+/t34-,37?,38+,39?,40?,41?,42?/m1/s1. The first-order valence-corrected chi connectivity index (χ1v) is 23.2. The fourth-order valence-corrected chi connectivity index (χ4v) is 7.49. The molecular formula is C42H77O13P. The highest BCUT2D eigenvalue weighted by Crippen LogP contribution is 2.47. The van der Waals surface area contributed by atoms with Crippen molar-refractivity contribution in [2.45, 2.75) is 217 Å². The number of phosphoric acid groups is 1. The van der Waals surface area contributed by atoms with Crippen LogP contribution in [-0.4, -0.2) is 98.3 Å². The van der Waals surface area contributed by atoms with Crippen LogP contribution in [0.1, 0.15) is 174 Å². The summed E-state index contributed by atoms with van der Waals surface area (Å²) in [5, 5.41) is 50.0. The average molecular weight is 821 g/mol. The second-order valence-electron chi connectivity index (χ2n) is 15.2. The van der Waals surface area contributed by atoms with E-state index >= 15 is 0 Å². The van der Waals surface area contributed by atoms with Gasteiger partial charge in [-0.05, 0) is 38.5 Å². The van der Waals surface area contributed by atoms with E-state index in [4.69, 9.17) is 18.5 Å². The number of aliphatic hydroxyl groups is 5. The predicted molar refractivity (Wildman–Crippen MR) is 217 cm³/mol. The zero-order valence-electron chi connectivity index (χ0n) is 34.4. The molecule has 6 N–H and O–H groups in total. The van der Waals surface area contributed by atoms with Gasteiger partial charge in [0.2, 0.25) is 0 Å². The largest absolute Gasteiger partial charge is 0.472 e. The van der Waals surface area contributed by atoms with E-state index in [1.807, 2.05) is 0 Å². The van der Waals surface area contributed by atoms with E-state index < -0.39 is 75.7 Å². The van der Waals surface area contributed by atoms with Crippen molar-refractivity contribution in [2.24, 2.45) is 0 Å². The molecule has 0 heterocycles. The van der Waals surface area contributed by atoms with Crippen LogP contribution in [0.3, 0.4) is 0 Å². The Balaban J connectivity index is 2.51. The van der Waals surface area contributed by atoms with Gasteiger partial charge in [-0.25, -0.2) is 4.57 Å². The number of hydrogen-bond donors (Lipinski definition) is 6. The van der Waals surface area contributed by atoms with Crippen molar-refractivity contribution in [3.63, 3.8) is 0 Å². The highest BCUT2D eigenvalue weighted by molar-refractivity contribution is 7.47. The minimum atomic E-state index is -5.11. The van der Waals surface area contributed by atoms with E-state index in [0.717, 1.165) is 57.8 Å². The molecule has 0 spiro atoms. The Morgan fingerprint density at radius 1 is 0.554 bits per heavy atom. The number of rotatable bonds is 35. The quantitative estimate of drug-likeness (QED) is 0.0157. The van der Waals surface area contributed by atoms with Crippen LogP contribution in [0.2, 0.25) is 0 Å². The van der Waals surface area contributed by atoms with Gasteiger partial charge >= 0.3 is 19.8 Å². The van der Waals surface area contributed by atoms with Crippen LogP contribution in [0, 0.1) is 0 Å². The molecule has 14 heteroatoms. The number of aliphatic hydroxyl groups excluding tert-OH is 5. The molecule has 56 heavy (non-hydrogen) atoms. The molecule has 0 aromatic heterocycles. The lowest BCUT2D eigenvalue weighted by Crippen LogP contribution is -2.64. The average Bonchev–Trinajstić information content (AvgIpc) is 3.18. The van der Waals surface area contributed by atoms with E-state index in [9.17, 15) is 44.6 Å². The first kappa shape index (κ1) is 52.3. The fraction of sp³-hybridized carbons (Fsp3) is 0.857. The summed E-state index contributed by atoms with van der Waals surface area (Å²) in [5.41, 5.74) is 0. The van der Waals surface area contributed by atoms with E-state index in [1.54, 1.807) is 0 Å². The number of hydrogen-bond acceptors (Lipinski definition) is 12. The van der Waals surface area contributed by atoms with Gasteiger partial charge in [0.15, 0.2) is 6.10 Å². The summed E-state index contributed by atoms with van der Waals surface area (Å²) in [4.78, 5) is 35.6. The Bertz CT molecular complexity index is 1090. The van der Waals surface area contributed by atoms with Gasteiger partial charge in [0.05, 0.1) is 6.61 Å². The van der Waals surface area contributed by atoms with Gasteiger partial charge in [-0.1, -0.05) is 147 Å². The third-order valence-electron chi connectivity index (χ3n) is 10.1. The molecule has 0 aromatic rings. The Labute approximate surface area is 336 Å². The summed E-state index contributed by atoms with van der Waals surface area (Å²) in [6.45, 7) is 3.25. The molecule has 0 aromatic carbocycles. The molecule has 1 fully saturated rings. The fourth-order valence-electron chi connectivity index (χ4n) is 6.51. The van der Waals surface area contributed by atoms with Crippen LogP contribution in [0.25, 0.3) is 0 Å². The van der Waals surface area contributed by atoms with Gasteiger partial charge < -0.3 is 39.9 Å².